The van der Waals surface area contributed by atoms with E-state index < -0.39 is 11.6 Å². The lowest BCUT2D eigenvalue weighted by atomic mass is 10.1. The molecule has 0 unspecified atom stereocenters. The molecule has 8 heteroatoms. The summed E-state index contributed by atoms with van der Waals surface area (Å²) in [5, 5.41) is 9.82. The zero-order chi connectivity index (χ0) is 21.4. The van der Waals surface area contributed by atoms with Crippen LogP contribution in [-0.2, 0) is 6.42 Å². The fraction of sp³-hybridized carbons (Fsp3) is 0.0870. The fourth-order valence-corrected chi connectivity index (χ4v) is 3.49. The van der Waals surface area contributed by atoms with E-state index in [4.69, 9.17) is 4.74 Å². The highest BCUT2D eigenvalue weighted by molar-refractivity contribution is 5.66. The Bertz CT molecular complexity index is 1300. The molecule has 0 saturated carbocycles. The first-order valence-electron chi connectivity index (χ1n) is 9.63. The summed E-state index contributed by atoms with van der Waals surface area (Å²) in [4.78, 5) is 7.73. The van der Waals surface area contributed by atoms with Gasteiger partial charge < -0.3 is 10.1 Å². The van der Waals surface area contributed by atoms with E-state index in [-0.39, 0.29) is 17.4 Å². The van der Waals surface area contributed by atoms with E-state index in [1.54, 1.807) is 18.2 Å². The third-order valence-electron chi connectivity index (χ3n) is 4.97. The largest absolute Gasteiger partial charge is 0.433 e. The predicted octanol–water partition coefficient (Wildman–Crippen LogP) is 5.64. The van der Waals surface area contributed by atoms with Crippen LogP contribution < -0.4 is 10.1 Å². The second kappa shape index (κ2) is 7.64. The van der Waals surface area contributed by atoms with Crippen molar-refractivity contribution < 1.29 is 13.5 Å². The van der Waals surface area contributed by atoms with Gasteiger partial charge in [-0.25, -0.2) is 9.37 Å². The summed E-state index contributed by atoms with van der Waals surface area (Å²) in [5.41, 5.74) is 4.09. The second-order valence-electron chi connectivity index (χ2n) is 7.22. The molecule has 0 atom stereocenters. The van der Waals surface area contributed by atoms with E-state index in [1.165, 1.54) is 6.07 Å². The van der Waals surface area contributed by atoms with Crippen molar-refractivity contribution in [3.05, 3.63) is 83.2 Å². The topological polar surface area (TPSA) is 75.7 Å². The average Bonchev–Trinajstić information content (AvgIpc) is 3.40. The number of halogens is 2. The molecular formula is C23H17F2N5O. The first kappa shape index (κ1) is 18.9. The van der Waals surface area contributed by atoms with Crippen LogP contribution in [0.25, 0.3) is 17.3 Å². The van der Waals surface area contributed by atoms with Gasteiger partial charge in [0.2, 0.25) is 5.82 Å². The maximum atomic E-state index is 15.0. The number of allylic oxidation sites excluding steroid dienone is 1. The SMILES string of the molecule is CC1=Cc2c(ccc(Oc3ncnc(Nc4cc(-c5ccccc5)[nH]n4)c3F)c2F)C1. The molecule has 0 saturated heterocycles. The molecule has 154 valence electrons. The molecule has 4 aromatic rings. The zero-order valence-corrected chi connectivity index (χ0v) is 16.5. The van der Waals surface area contributed by atoms with Crippen LogP contribution in [0.4, 0.5) is 20.4 Å². The van der Waals surface area contributed by atoms with Gasteiger partial charge in [0.1, 0.15) is 6.33 Å². The summed E-state index contributed by atoms with van der Waals surface area (Å²) in [6, 6.07) is 14.6. The predicted molar refractivity (Wildman–Crippen MR) is 113 cm³/mol. The Balaban J connectivity index is 1.39. The van der Waals surface area contributed by atoms with Crippen LogP contribution in [0.2, 0.25) is 0 Å². The number of ether oxygens (including phenoxy) is 1. The van der Waals surface area contributed by atoms with Crippen molar-refractivity contribution in [2.45, 2.75) is 13.3 Å². The molecule has 0 aliphatic heterocycles. The van der Waals surface area contributed by atoms with E-state index in [0.717, 1.165) is 28.7 Å². The monoisotopic (exact) mass is 417 g/mol. The highest BCUT2D eigenvalue weighted by atomic mass is 19.1. The van der Waals surface area contributed by atoms with Gasteiger partial charge in [-0.2, -0.15) is 14.5 Å². The number of anilines is 2. The molecule has 0 fully saturated rings. The van der Waals surface area contributed by atoms with E-state index >= 15 is 0 Å². The Labute approximate surface area is 176 Å². The molecule has 0 amide bonds. The van der Waals surface area contributed by atoms with Crippen molar-refractivity contribution in [3.63, 3.8) is 0 Å². The first-order valence-corrected chi connectivity index (χ1v) is 9.63. The Kier molecular flexibility index (Phi) is 4.66. The van der Waals surface area contributed by atoms with Crippen molar-refractivity contribution >= 4 is 17.7 Å². The standard InChI is InChI=1S/C23H17F2N5O/c1-13-9-15-7-8-18(20(24)16(15)10-13)31-23-21(25)22(26-12-27-23)28-19-11-17(29-30-19)14-5-3-2-4-6-14/h2-8,10-12H,9H2,1H3,(H2,26,27,28,29,30). The number of aromatic nitrogens is 4. The number of aromatic amines is 1. The molecular weight excluding hydrogens is 400 g/mol. The van der Waals surface area contributed by atoms with Gasteiger partial charge >= 0.3 is 0 Å². The van der Waals surface area contributed by atoms with Gasteiger partial charge in [-0.3, -0.25) is 5.10 Å². The van der Waals surface area contributed by atoms with Crippen LogP contribution in [0, 0.1) is 11.6 Å². The smallest absolute Gasteiger partial charge is 0.261 e. The lowest BCUT2D eigenvalue weighted by Gasteiger charge is -2.11. The van der Waals surface area contributed by atoms with Crippen molar-refractivity contribution in [1.29, 1.82) is 0 Å². The van der Waals surface area contributed by atoms with Gasteiger partial charge in [-0.05, 0) is 30.5 Å². The number of fused-ring (bicyclic) bond motifs is 1. The highest BCUT2D eigenvalue weighted by Crippen LogP contribution is 2.35. The van der Waals surface area contributed by atoms with Gasteiger partial charge in [0.25, 0.3) is 5.88 Å². The quantitative estimate of drug-likeness (QED) is 0.440. The summed E-state index contributed by atoms with van der Waals surface area (Å²) in [6.07, 6.45) is 3.60. The number of H-pyrrole nitrogens is 1. The highest BCUT2D eigenvalue weighted by Gasteiger charge is 2.21. The number of nitrogens with zero attached hydrogens (tertiary/aromatic N) is 3. The summed E-state index contributed by atoms with van der Waals surface area (Å²) >= 11 is 0. The van der Waals surface area contributed by atoms with E-state index in [9.17, 15) is 8.78 Å². The van der Waals surface area contributed by atoms with Crippen LogP contribution in [0.15, 0.2) is 60.4 Å². The number of benzene rings is 2. The molecule has 2 heterocycles. The molecule has 31 heavy (non-hydrogen) atoms. The second-order valence-corrected chi connectivity index (χ2v) is 7.22. The summed E-state index contributed by atoms with van der Waals surface area (Å²) < 4.78 is 35.2. The third-order valence-corrected chi connectivity index (χ3v) is 4.97. The Morgan fingerprint density at radius 2 is 1.87 bits per heavy atom. The van der Waals surface area contributed by atoms with Gasteiger partial charge in [0.05, 0.1) is 5.69 Å². The third kappa shape index (κ3) is 3.63. The molecule has 6 nitrogen and oxygen atoms in total. The lowest BCUT2D eigenvalue weighted by Crippen LogP contribution is -2.02. The molecule has 2 N–H and O–H groups in total. The maximum Gasteiger partial charge on any atom is 0.261 e. The average molecular weight is 417 g/mol. The summed E-state index contributed by atoms with van der Waals surface area (Å²) in [6.45, 7) is 1.93. The van der Waals surface area contributed by atoms with Crippen LogP contribution in [0.5, 0.6) is 11.6 Å². The minimum atomic E-state index is -0.849. The van der Waals surface area contributed by atoms with Crippen molar-refractivity contribution in [3.8, 4) is 22.9 Å². The number of rotatable bonds is 5. The Hall–Kier alpha value is -4.07. The number of hydrogen-bond donors (Lipinski definition) is 2. The van der Waals surface area contributed by atoms with Crippen molar-refractivity contribution in [2.75, 3.05) is 5.32 Å². The maximum absolute atomic E-state index is 15.0. The van der Waals surface area contributed by atoms with E-state index in [2.05, 4.69) is 25.5 Å². The molecule has 0 radical (unpaired) electrons. The molecule has 1 aliphatic rings. The zero-order valence-electron chi connectivity index (χ0n) is 16.5. The Morgan fingerprint density at radius 1 is 1.03 bits per heavy atom. The summed E-state index contributed by atoms with van der Waals surface area (Å²) in [7, 11) is 0. The van der Waals surface area contributed by atoms with Crippen LogP contribution >= 0.6 is 0 Å². The molecule has 5 rings (SSSR count). The summed E-state index contributed by atoms with van der Waals surface area (Å²) in [5.74, 6) is -1.63. The van der Waals surface area contributed by atoms with Crippen molar-refractivity contribution in [1.82, 2.24) is 20.2 Å². The minimum absolute atomic E-state index is 0.0978. The molecule has 0 spiro atoms. The van der Waals surface area contributed by atoms with Gasteiger partial charge in [-0.15, -0.1) is 0 Å². The fourth-order valence-electron chi connectivity index (χ4n) is 3.49. The molecule has 0 bridgehead atoms. The molecule has 1 aliphatic carbocycles. The van der Waals surface area contributed by atoms with Gasteiger partial charge in [0.15, 0.2) is 23.2 Å². The van der Waals surface area contributed by atoms with Crippen molar-refractivity contribution in [2.24, 2.45) is 0 Å². The van der Waals surface area contributed by atoms with Crippen LogP contribution in [0.1, 0.15) is 18.1 Å². The van der Waals surface area contributed by atoms with Crippen LogP contribution in [0.3, 0.4) is 0 Å². The Morgan fingerprint density at radius 3 is 2.71 bits per heavy atom. The first-order chi connectivity index (χ1) is 15.1. The molecule has 2 aromatic carbocycles. The normalized spacial score (nSPS) is 12.4. The molecule has 2 aromatic heterocycles. The number of nitrogens with one attached hydrogen (secondary N) is 2. The van der Waals surface area contributed by atoms with E-state index in [1.807, 2.05) is 37.3 Å². The van der Waals surface area contributed by atoms with E-state index in [0.29, 0.717) is 17.8 Å². The van der Waals surface area contributed by atoms with Crippen LogP contribution in [-0.4, -0.2) is 20.2 Å². The lowest BCUT2D eigenvalue weighted by molar-refractivity contribution is 0.397. The van der Waals surface area contributed by atoms with Gasteiger partial charge in [-0.1, -0.05) is 48.0 Å². The number of hydrogen-bond acceptors (Lipinski definition) is 5. The minimum Gasteiger partial charge on any atom is -0.433 e. The van der Waals surface area contributed by atoms with Gasteiger partial charge in [0, 0.05) is 11.6 Å².